The normalized spacial score (nSPS) is 14.7. The maximum Gasteiger partial charge on any atom is 0.132 e. The fraction of sp³-hybridized carbons (Fsp3) is 0.176. The van der Waals surface area contributed by atoms with Crippen LogP contribution >= 0.6 is 45.3 Å². The largest absolute Gasteiger partial charge is 0.192 e. The summed E-state index contributed by atoms with van der Waals surface area (Å²) in [6, 6.07) is 25.6. The number of nitrogens with zero attached hydrogens (tertiary/aromatic N) is 4. The van der Waals surface area contributed by atoms with Gasteiger partial charge in [0.2, 0.25) is 0 Å². The molecule has 4 heterocycles. The van der Waals surface area contributed by atoms with Crippen molar-refractivity contribution in [3.8, 4) is 53.5 Å². The van der Waals surface area contributed by atoms with Gasteiger partial charge in [0.1, 0.15) is 35.4 Å². The van der Waals surface area contributed by atoms with E-state index >= 15 is 0 Å². The Bertz CT molecular complexity index is 1810. The Morgan fingerprint density at radius 1 is 0.429 bits per heavy atom. The van der Waals surface area contributed by atoms with Crippen LogP contribution in [0.3, 0.4) is 0 Å². The highest BCUT2D eigenvalue weighted by atomic mass is 32.1. The third kappa shape index (κ3) is 5.60. The lowest BCUT2D eigenvalue weighted by Crippen LogP contribution is -1.95. The number of hydrogen-bond donors (Lipinski definition) is 0. The standard InChI is InChI=1S/C34H22N4S4/c35-17-25(18-36)21-3-1-5-23(15-21)27-7-9-29(39-27)31-11-13-33(41-31)34-14-12-32(42-34)30-10-8-28(40-30)24-6-2-4-22(16-24)26(19-37)20-38/h7-16H,1-6H2. The molecule has 0 bridgehead atoms. The van der Waals surface area contributed by atoms with Gasteiger partial charge in [-0.05, 0) is 109 Å². The summed E-state index contributed by atoms with van der Waals surface area (Å²) >= 11 is 7.13. The van der Waals surface area contributed by atoms with Crippen LogP contribution in [-0.2, 0) is 0 Å². The fourth-order valence-electron chi connectivity index (χ4n) is 5.26. The van der Waals surface area contributed by atoms with Crippen LogP contribution in [0.15, 0.2) is 83.0 Å². The van der Waals surface area contributed by atoms with Crippen molar-refractivity contribution < 1.29 is 0 Å². The first-order valence-electron chi connectivity index (χ1n) is 13.5. The summed E-state index contributed by atoms with van der Waals surface area (Å²) in [6.45, 7) is 0. The molecule has 8 heteroatoms. The van der Waals surface area contributed by atoms with Crippen LogP contribution in [-0.4, -0.2) is 0 Å². The van der Waals surface area contributed by atoms with E-state index in [1.807, 2.05) is 36.4 Å². The molecule has 0 fully saturated rings. The molecular formula is C34H22N4S4. The summed E-state index contributed by atoms with van der Waals surface area (Å²) in [6.07, 6.45) is 9.48. The third-order valence-electron chi connectivity index (χ3n) is 7.36. The minimum atomic E-state index is 0.225. The Morgan fingerprint density at radius 2 is 0.714 bits per heavy atom. The quantitative estimate of drug-likeness (QED) is 0.209. The average molecular weight is 615 g/mol. The highest BCUT2D eigenvalue weighted by Crippen LogP contribution is 2.45. The van der Waals surface area contributed by atoms with E-state index in [0.29, 0.717) is 0 Å². The zero-order valence-corrected chi connectivity index (χ0v) is 25.7. The Hall–Kier alpha value is -4.28. The Labute approximate surface area is 261 Å². The Morgan fingerprint density at radius 3 is 1.02 bits per heavy atom. The van der Waals surface area contributed by atoms with Gasteiger partial charge in [0, 0.05) is 39.0 Å². The van der Waals surface area contributed by atoms with Gasteiger partial charge in [0.05, 0.1) is 0 Å². The molecule has 0 unspecified atom stereocenters. The molecule has 0 saturated heterocycles. The predicted octanol–water partition coefficient (Wildman–Crippen LogP) is 10.8. The van der Waals surface area contributed by atoms with Gasteiger partial charge < -0.3 is 0 Å². The number of rotatable bonds is 5. The summed E-state index contributed by atoms with van der Waals surface area (Å²) in [7, 11) is 0. The van der Waals surface area contributed by atoms with E-state index in [1.165, 1.54) is 50.2 Å². The van der Waals surface area contributed by atoms with Crippen LogP contribution in [0.1, 0.15) is 48.3 Å². The van der Waals surface area contributed by atoms with E-state index < -0.39 is 0 Å². The zero-order chi connectivity index (χ0) is 29.1. The second-order valence-electron chi connectivity index (χ2n) is 9.95. The number of allylic oxidation sites excluding steroid dienone is 8. The molecule has 0 aromatic carbocycles. The number of nitriles is 4. The van der Waals surface area contributed by atoms with Crippen molar-refractivity contribution >= 4 is 56.5 Å². The molecule has 202 valence electrons. The van der Waals surface area contributed by atoms with Crippen LogP contribution in [0, 0.1) is 45.3 Å². The van der Waals surface area contributed by atoms with Gasteiger partial charge in [-0.25, -0.2) is 0 Å². The van der Waals surface area contributed by atoms with Crippen molar-refractivity contribution in [2.45, 2.75) is 38.5 Å². The van der Waals surface area contributed by atoms with Crippen molar-refractivity contribution in [2.75, 3.05) is 0 Å². The van der Waals surface area contributed by atoms with E-state index in [0.717, 1.165) is 49.7 Å². The molecule has 2 aliphatic carbocycles. The number of thiophene rings is 4. The molecule has 0 spiro atoms. The predicted molar refractivity (Wildman–Crippen MR) is 174 cm³/mol. The SMILES string of the molecule is N#CC(C#N)=C1C=C(c2ccc(-c3ccc(-c4ccc(-c5ccc(C6=CC(=C(C#N)C#N)CCC6)s5)s4)s3)s2)CCC1. The summed E-state index contributed by atoms with van der Waals surface area (Å²) in [5, 5.41) is 37.1. The Kier molecular flexibility index (Phi) is 8.16. The molecule has 4 aromatic heterocycles. The molecule has 2 aliphatic rings. The van der Waals surface area contributed by atoms with Crippen LogP contribution < -0.4 is 0 Å². The average Bonchev–Trinajstić information content (AvgIpc) is 3.85. The molecule has 0 aliphatic heterocycles. The first-order valence-corrected chi connectivity index (χ1v) is 16.8. The van der Waals surface area contributed by atoms with Gasteiger partial charge in [-0.3, -0.25) is 0 Å². The van der Waals surface area contributed by atoms with Crippen LogP contribution in [0.4, 0.5) is 0 Å². The van der Waals surface area contributed by atoms with E-state index in [1.54, 1.807) is 45.3 Å². The Balaban J connectivity index is 1.20. The molecule has 0 radical (unpaired) electrons. The minimum Gasteiger partial charge on any atom is -0.192 e. The minimum absolute atomic E-state index is 0.225. The maximum absolute atomic E-state index is 9.27. The van der Waals surface area contributed by atoms with Crippen LogP contribution in [0.2, 0.25) is 0 Å². The molecule has 4 nitrogen and oxygen atoms in total. The summed E-state index contributed by atoms with van der Waals surface area (Å²) in [4.78, 5) is 9.81. The second-order valence-corrected chi connectivity index (χ2v) is 14.3. The van der Waals surface area contributed by atoms with E-state index in [9.17, 15) is 21.0 Å². The second kappa shape index (κ2) is 12.3. The van der Waals surface area contributed by atoms with Crippen molar-refractivity contribution in [3.05, 3.63) is 92.7 Å². The molecule has 4 aromatic rings. The van der Waals surface area contributed by atoms with Crippen molar-refractivity contribution in [1.82, 2.24) is 0 Å². The highest BCUT2D eigenvalue weighted by molar-refractivity contribution is 7.28. The molecule has 0 N–H and O–H groups in total. The summed E-state index contributed by atoms with van der Waals surface area (Å²) in [5.41, 5.74) is 4.57. The van der Waals surface area contributed by atoms with Crippen molar-refractivity contribution in [1.29, 1.82) is 21.0 Å². The van der Waals surface area contributed by atoms with Crippen LogP contribution in [0.25, 0.3) is 40.4 Å². The molecule has 0 saturated carbocycles. The van der Waals surface area contributed by atoms with Crippen molar-refractivity contribution in [2.24, 2.45) is 0 Å². The monoisotopic (exact) mass is 614 g/mol. The molecular weight excluding hydrogens is 593 g/mol. The lowest BCUT2D eigenvalue weighted by molar-refractivity contribution is 0.833. The van der Waals surface area contributed by atoms with Gasteiger partial charge in [0.15, 0.2) is 0 Å². The van der Waals surface area contributed by atoms with Gasteiger partial charge in [-0.15, -0.1) is 45.3 Å². The molecule has 42 heavy (non-hydrogen) atoms. The number of hydrogen-bond acceptors (Lipinski definition) is 8. The third-order valence-corrected chi connectivity index (χ3v) is 12.4. The fourth-order valence-corrected chi connectivity index (χ4v) is 9.64. The first kappa shape index (κ1) is 27.9. The summed E-state index contributed by atoms with van der Waals surface area (Å²) in [5.74, 6) is 0. The van der Waals surface area contributed by atoms with E-state index in [2.05, 4.69) is 48.5 Å². The molecule has 6 rings (SSSR count). The lowest BCUT2D eigenvalue weighted by atomic mass is 9.92. The zero-order valence-electron chi connectivity index (χ0n) is 22.4. The lowest BCUT2D eigenvalue weighted by Gasteiger charge is -2.14. The van der Waals surface area contributed by atoms with E-state index in [4.69, 9.17) is 0 Å². The van der Waals surface area contributed by atoms with Gasteiger partial charge in [-0.2, -0.15) is 21.0 Å². The smallest absolute Gasteiger partial charge is 0.132 e. The van der Waals surface area contributed by atoms with Crippen molar-refractivity contribution in [3.63, 3.8) is 0 Å². The molecule has 0 amide bonds. The van der Waals surface area contributed by atoms with E-state index in [-0.39, 0.29) is 11.1 Å². The maximum atomic E-state index is 9.27. The first-order chi connectivity index (χ1) is 20.6. The highest BCUT2D eigenvalue weighted by Gasteiger charge is 2.18. The van der Waals surface area contributed by atoms with Gasteiger partial charge in [0.25, 0.3) is 0 Å². The summed E-state index contributed by atoms with van der Waals surface area (Å²) < 4.78 is 0. The van der Waals surface area contributed by atoms with Gasteiger partial charge in [-0.1, -0.05) is 12.2 Å². The topological polar surface area (TPSA) is 95.2 Å². The van der Waals surface area contributed by atoms with Gasteiger partial charge >= 0.3 is 0 Å². The van der Waals surface area contributed by atoms with Crippen LogP contribution in [0.5, 0.6) is 0 Å². The molecule has 0 atom stereocenters.